The highest BCUT2D eigenvalue weighted by molar-refractivity contribution is 5.93. The highest BCUT2D eigenvalue weighted by atomic mass is 16.2. The predicted octanol–water partition coefficient (Wildman–Crippen LogP) is 4.23. The Hall–Kier alpha value is -3.47. The summed E-state index contributed by atoms with van der Waals surface area (Å²) in [6.45, 7) is 0.374. The van der Waals surface area contributed by atoms with Crippen LogP contribution in [0.5, 0.6) is 0 Å². The molecule has 0 unspecified atom stereocenters. The van der Waals surface area contributed by atoms with E-state index in [2.05, 4.69) is 16.4 Å². The van der Waals surface area contributed by atoms with Gasteiger partial charge in [0.1, 0.15) is 5.69 Å². The predicted molar refractivity (Wildman–Crippen MR) is 108 cm³/mol. The van der Waals surface area contributed by atoms with E-state index in [1.165, 1.54) is 0 Å². The Balaban J connectivity index is 1.43. The molecular formula is C23H20N4O. The van der Waals surface area contributed by atoms with Crippen molar-refractivity contribution in [3.05, 3.63) is 90.0 Å². The van der Waals surface area contributed by atoms with Crippen molar-refractivity contribution in [2.75, 3.05) is 0 Å². The summed E-state index contributed by atoms with van der Waals surface area (Å²) in [4.78, 5) is 17.5. The number of benzene rings is 2. The molecule has 2 heterocycles. The summed E-state index contributed by atoms with van der Waals surface area (Å²) in [6.07, 6.45) is 4.07. The molecule has 28 heavy (non-hydrogen) atoms. The number of fused-ring (bicyclic) bond motifs is 1. The molecule has 1 aliphatic carbocycles. The minimum atomic E-state index is -0.141. The maximum atomic E-state index is 13.0. The first-order chi connectivity index (χ1) is 13.8. The number of aromatic nitrogens is 3. The highest BCUT2D eigenvalue weighted by Crippen LogP contribution is 2.39. The van der Waals surface area contributed by atoms with Crippen LogP contribution in [-0.2, 0) is 6.54 Å². The fraction of sp³-hybridized carbons (Fsp3) is 0.174. The zero-order valence-electron chi connectivity index (χ0n) is 15.4. The SMILES string of the molecule is O=C(NCc1nccc2ccccc12)c1cc(C2CC2)nn1-c1ccccc1. The third kappa shape index (κ3) is 3.16. The first kappa shape index (κ1) is 16.7. The van der Waals surface area contributed by atoms with Gasteiger partial charge in [0.15, 0.2) is 0 Å². The van der Waals surface area contributed by atoms with E-state index in [4.69, 9.17) is 5.10 Å². The number of nitrogens with zero attached hydrogens (tertiary/aromatic N) is 3. The molecule has 1 N–H and O–H groups in total. The molecule has 5 heteroatoms. The molecule has 0 atom stereocenters. The fourth-order valence-electron chi connectivity index (χ4n) is 3.48. The van der Waals surface area contributed by atoms with E-state index in [9.17, 15) is 4.79 Å². The van der Waals surface area contributed by atoms with Gasteiger partial charge in [-0.3, -0.25) is 9.78 Å². The second kappa shape index (κ2) is 6.93. The lowest BCUT2D eigenvalue weighted by molar-refractivity contribution is 0.0943. The first-order valence-electron chi connectivity index (χ1n) is 9.56. The van der Waals surface area contributed by atoms with E-state index in [0.717, 1.165) is 40.7 Å². The number of nitrogens with one attached hydrogen (secondary N) is 1. The number of carbonyl (C=O) groups is 1. The summed E-state index contributed by atoms with van der Waals surface area (Å²) in [5.74, 6) is 0.342. The van der Waals surface area contributed by atoms with Crippen LogP contribution in [0, 0.1) is 0 Å². The zero-order chi connectivity index (χ0) is 18.9. The van der Waals surface area contributed by atoms with Crippen molar-refractivity contribution in [1.29, 1.82) is 0 Å². The topological polar surface area (TPSA) is 59.8 Å². The molecule has 1 fully saturated rings. The molecule has 5 rings (SSSR count). The van der Waals surface area contributed by atoms with Crippen molar-refractivity contribution < 1.29 is 4.79 Å². The molecule has 1 saturated carbocycles. The molecule has 5 nitrogen and oxygen atoms in total. The average molecular weight is 368 g/mol. The molecule has 4 aromatic rings. The van der Waals surface area contributed by atoms with Crippen molar-refractivity contribution in [3.63, 3.8) is 0 Å². The Morgan fingerprint density at radius 2 is 1.82 bits per heavy atom. The van der Waals surface area contributed by atoms with Crippen LogP contribution in [0.25, 0.3) is 16.5 Å². The number of rotatable bonds is 5. The van der Waals surface area contributed by atoms with E-state index < -0.39 is 0 Å². The summed E-state index contributed by atoms with van der Waals surface area (Å²) in [6, 6.07) is 21.8. The van der Waals surface area contributed by atoms with Gasteiger partial charge in [0.05, 0.1) is 23.6 Å². The molecule has 2 aromatic carbocycles. The van der Waals surface area contributed by atoms with Crippen LogP contribution in [0.4, 0.5) is 0 Å². The highest BCUT2D eigenvalue weighted by Gasteiger charge is 2.29. The quantitative estimate of drug-likeness (QED) is 0.573. The Morgan fingerprint density at radius 3 is 2.64 bits per heavy atom. The maximum absolute atomic E-state index is 13.0. The number of hydrogen-bond donors (Lipinski definition) is 1. The normalized spacial score (nSPS) is 13.6. The zero-order valence-corrected chi connectivity index (χ0v) is 15.4. The van der Waals surface area contributed by atoms with E-state index in [1.807, 2.05) is 60.7 Å². The van der Waals surface area contributed by atoms with E-state index in [1.54, 1.807) is 10.9 Å². The number of amides is 1. The van der Waals surface area contributed by atoms with Crippen molar-refractivity contribution in [2.45, 2.75) is 25.3 Å². The second-order valence-electron chi connectivity index (χ2n) is 7.14. The van der Waals surface area contributed by atoms with Crippen LogP contribution in [0.15, 0.2) is 72.9 Å². The van der Waals surface area contributed by atoms with E-state index >= 15 is 0 Å². The van der Waals surface area contributed by atoms with Gasteiger partial charge in [-0.15, -0.1) is 0 Å². The standard InChI is InChI=1S/C23H20N4O/c28-23(25-15-21-19-9-5-4-6-16(19)12-13-24-21)22-14-20(17-10-11-17)26-27(22)18-7-2-1-3-8-18/h1-9,12-14,17H,10-11,15H2,(H,25,28). The summed E-state index contributed by atoms with van der Waals surface area (Å²) in [5.41, 5.74) is 3.31. The van der Waals surface area contributed by atoms with Crippen LogP contribution in [0.3, 0.4) is 0 Å². The molecule has 0 aliphatic heterocycles. The summed E-state index contributed by atoms with van der Waals surface area (Å²) < 4.78 is 1.75. The van der Waals surface area contributed by atoms with Gasteiger partial charge in [-0.25, -0.2) is 4.68 Å². The molecule has 138 valence electrons. The van der Waals surface area contributed by atoms with E-state index in [-0.39, 0.29) is 5.91 Å². The number of pyridine rings is 1. The van der Waals surface area contributed by atoms with Gasteiger partial charge in [-0.1, -0.05) is 42.5 Å². The fourth-order valence-corrected chi connectivity index (χ4v) is 3.48. The molecule has 1 amide bonds. The Labute approximate surface area is 163 Å². The van der Waals surface area contributed by atoms with Crippen molar-refractivity contribution in [2.24, 2.45) is 0 Å². The second-order valence-corrected chi connectivity index (χ2v) is 7.14. The summed E-state index contributed by atoms with van der Waals surface area (Å²) in [5, 5.41) is 9.91. The average Bonchev–Trinajstić information content (AvgIpc) is 3.51. The van der Waals surface area contributed by atoms with Crippen LogP contribution in [-0.4, -0.2) is 20.7 Å². The maximum Gasteiger partial charge on any atom is 0.270 e. The Morgan fingerprint density at radius 1 is 1.04 bits per heavy atom. The largest absolute Gasteiger partial charge is 0.345 e. The van der Waals surface area contributed by atoms with Crippen LogP contribution in [0.2, 0.25) is 0 Å². The smallest absolute Gasteiger partial charge is 0.270 e. The van der Waals surface area contributed by atoms with Gasteiger partial charge in [0.25, 0.3) is 5.91 Å². The molecule has 0 spiro atoms. The Kier molecular flexibility index (Phi) is 4.13. The van der Waals surface area contributed by atoms with Gasteiger partial charge in [0, 0.05) is 17.5 Å². The molecule has 2 aromatic heterocycles. The lowest BCUT2D eigenvalue weighted by atomic mass is 10.1. The first-order valence-corrected chi connectivity index (χ1v) is 9.56. The van der Waals surface area contributed by atoms with Crippen molar-refractivity contribution in [3.8, 4) is 5.69 Å². The third-order valence-electron chi connectivity index (χ3n) is 5.13. The molecule has 0 saturated heterocycles. The molecule has 1 aliphatic rings. The van der Waals surface area contributed by atoms with Crippen molar-refractivity contribution in [1.82, 2.24) is 20.1 Å². The van der Waals surface area contributed by atoms with Gasteiger partial charge < -0.3 is 5.32 Å². The molecular weight excluding hydrogens is 348 g/mol. The lowest BCUT2D eigenvalue weighted by Gasteiger charge is -2.09. The van der Waals surface area contributed by atoms with E-state index in [0.29, 0.717) is 18.2 Å². The van der Waals surface area contributed by atoms with Crippen molar-refractivity contribution >= 4 is 16.7 Å². The van der Waals surface area contributed by atoms with Gasteiger partial charge >= 0.3 is 0 Å². The van der Waals surface area contributed by atoms with Gasteiger partial charge in [-0.05, 0) is 42.5 Å². The molecule has 0 radical (unpaired) electrons. The number of para-hydroxylation sites is 1. The number of carbonyl (C=O) groups excluding carboxylic acids is 1. The molecule has 0 bridgehead atoms. The third-order valence-corrected chi connectivity index (χ3v) is 5.13. The number of hydrogen-bond acceptors (Lipinski definition) is 3. The van der Waals surface area contributed by atoms with Gasteiger partial charge in [-0.2, -0.15) is 5.10 Å². The minimum Gasteiger partial charge on any atom is -0.345 e. The lowest BCUT2D eigenvalue weighted by Crippen LogP contribution is -2.26. The van der Waals surface area contributed by atoms with Crippen LogP contribution >= 0.6 is 0 Å². The van der Waals surface area contributed by atoms with Crippen LogP contribution < -0.4 is 5.32 Å². The minimum absolute atomic E-state index is 0.141. The monoisotopic (exact) mass is 368 g/mol. The Bertz CT molecular complexity index is 1140. The summed E-state index contributed by atoms with van der Waals surface area (Å²) in [7, 11) is 0. The summed E-state index contributed by atoms with van der Waals surface area (Å²) >= 11 is 0. The van der Waals surface area contributed by atoms with Crippen LogP contribution in [0.1, 0.15) is 40.6 Å². The van der Waals surface area contributed by atoms with Gasteiger partial charge in [0.2, 0.25) is 0 Å².